The number of hydrogen-bond acceptors (Lipinski definition) is 2. The number of aliphatic hydroxyl groups excluding tert-OH is 1. The zero-order valence-electron chi connectivity index (χ0n) is 10.6. The molecular weight excluding hydrogens is 240 g/mol. The largest absolute Gasteiger partial charge is 0.392 e. The van der Waals surface area contributed by atoms with Crippen molar-refractivity contribution < 1.29 is 5.11 Å². The first-order valence-corrected chi connectivity index (χ1v) is 7.10. The molecule has 2 heteroatoms. The van der Waals surface area contributed by atoms with Gasteiger partial charge in [-0.25, -0.2) is 0 Å². The summed E-state index contributed by atoms with van der Waals surface area (Å²) < 4.78 is 0. The molecule has 0 aliphatic rings. The Morgan fingerprint density at radius 1 is 0.944 bits per heavy atom. The second-order valence-corrected chi connectivity index (χ2v) is 5.45. The van der Waals surface area contributed by atoms with Gasteiger partial charge in [0.1, 0.15) is 0 Å². The average molecular weight is 258 g/mol. The molecule has 0 atom stereocenters. The fourth-order valence-corrected chi connectivity index (χ4v) is 2.76. The Morgan fingerprint density at radius 3 is 2.39 bits per heavy atom. The van der Waals surface area contributed by atoms with Crippen molar-refractivity contribution in [3.05, 3.63) is 59.7 Å². The normalized spacial score (nSPS) is 10.6. The summed E-state index contributed by atoms with van der Waals surface area (Å²) in [6.45, 7) is 2.30. The molecule has 0 unspecified atom stereocenters. The van der Waals surface area contributed by atoms with Crippen LogP contribution in [0.3, 0.4) is 0 Å². The first-order chi connectivity index (χ1) is 8.81. The molecule has 0 heterocycles. The Balaban J connectivity index is 2.08. The Hall–Kier alpha value is -1.25. The number of rotatable bonds is 5. The first kappa shape index (κ1) is 13.2. The molecule has 0 saturated carbocycles. The molecule has 0 saturated heterocycles. The second-order valence-electron chi connectivity index (χ2n) is 4.30. The summed E-state index contributed by atoms with van der Waals surface area (Å²) in [5, 5.41) is 9.11. The third-order valence-electron chi connectivity index (χ3n) is 2.78. The highest BCUT2D eigenvalue weighted by Crippen LogP contribution is 2.28. The summed E-state index contributed by atoms with van der Waals surface area (Å²) in [7, 11) is 0. The number of aryl methyl sites for hydroxylation is 1. The molecule has 0 aromatic heterocycles. The van der Waals surface area contributed by atoms with Crippen LogP contribution in [0.25, 0.3) is 0 Å². The van der Waals surface area contributed by atoms with Gasteiger partial charge in [0, 0.05) is 9.79 Å². The molecule has 0 aliphatic carbocycles. The van der Waals surface area contributed by atoms with Crippen LogP contribution in [0.2, 0.25) is 0 Å². The van der Waals surface area contributed by atoms with Gasteiger partial charge in [-0.1, -0.05) is 49.4 Å². The molecule has 1 nitrogen and oxygen atoms in total. The minimum atomic E-state index is 0.101. The zero-order valence-corrected chi connectivity index (χ0v) is 11.4. The van der Waals surface area contributed by atoms with E-state index >= 15 is 0 Å². The van der Waals surface area contributed by atoms with Gasteiger partial charge in [0.25, 0.3) is 0 Å². The molecule has 94 valence electrons. The quantitative estimate of drug-likeness (QED) is 0.863. The smallest absolute Gasteiger partial charge is 0.0682 e. The van der Waals surface area contributed by atoms with Crippen molar-refractivity contribution in [2.75, 3.05) is 0 Å². The lowest BCUT2D eigenvalue weighted by molar-refractivity contribution is 0.281. The number of aliphatic hydroxyl groups is 1. The van der Waals surface area contributed by atoms with Gasteiger partial charge < -0.3 is 5.11 Å². The van der Waals surface area contributed by atoms with E-state index in [9.17, 15) is 0 Å². The molecule has 1 N–H and O–H groups in total. The van der Waals surface area contributed by atoms with E-state index in [1.807, 2.05) is 18.2 Å². The summed E-state index contributed by atoms with van der Waals surface area (Å²) in [6, 6.07) is 16.8. The summed E-state index contributed by atoms with van der Waals surface area (Å²) in [4.78, 5) is 2.41. The van der Waals surface area contributed by atoms with Gasteiger partial charge in [-0.3, -0.25) is 0 Å². The van der Waals surface area contributed by atoms with Crippen LogP contribution in [0.1, 0.15) is 24.5 Å². The van der Waals surface area contributed by atoms with E-state index in [1.54, 1.807) is 11.8 Å². The minimum absolute atomic E-state index is 0.101. The number of hydrogen-bond donors (Lipinski definition) is 1. The van der Waals surface area contributed by atoms with Crippen molar-refractivity contribution in [3.8, 4) is 0 Å². The highest BCUT2D eigenvalue weighted by molar-refractivity contribution is 7.99. The van der Waals surface area contributed by atoms with E-state index in [0.717, 1.165) is 12.0 Å². The molecular formula is C16H18OS. The monoisotopic (exact) mass is 258 g/mol. The Bertz CT molecular complexity index is 491. The summed E-state index contributed by atoms with van der Waals surface area (Å²) in [6.07, 6.45) is 2.33. The van der Waals surface area contributed by atoms with Crippen molar-refractivity contribution >= 4 is 11.8 Å². The SMILES string of the molecule is CCCc1ccc(Sc2cccc(CO)c2)cc1. The van der Waals surface area contributed by atoms with Gasteiger partial charge >= 0.3 is 0 Å². The van der Waals surface area contributed by atoms with Crippen LogP contribution in [-0.4, -0.2) is 5.11 Å². The maximum Gasteiger partial charge on any atom is 0.0682 e. The third kappa shape index (κ3) is 3.62. The van der Waals surface area contributed by atoms with Gasteiger partial charge in [-0.05, 0) is 41.8 Å². The van der Waals surface area contributed by atoms with Gasteiger partial charge in [0.2, 0.25) is 0 Å². The van der Waals surface area contributed by atoms with Crippen LogP contribution in [-0.2, 0) is 13.0 Å². The minimum Gasteiger partial charge on any atom is -0.392 e. The maximum absolute atomic E-state index is 9.11. The predicted octanol–water partition coefficient (Wildman–Crippen LogP) is 4.28. The van der Waals surface area contributed by atoms with Gasteiger partial charge in [-0.15, -0.1) is 0 Å². The molecule has 2 aromatic carbocycles. The third-order valence-corrected chi connectivity index (χ3v) is 3.78. The number of benzene rings is 2. The van der Waals surface area contributed by atoms with Crippen LogP contribution < -0.4 is 0 Å². The highest BCUT2D eigenvalue weighted by Gasteiger charge is 1.99. The molecule has 0 fully saturated rings. The Morgan fingerprint density at radius 2 is 1.72 bits per heavy atom. The molecule has 2 rings (SSSR count). The van der Waals surface area contributed by atoms with Gasteiger partial charge in [-0.2, -0.15) is 0 Å². The first-order valence-electron chi connectivity index (χ1n) is 6.28. The van der Waals surface area contributed by atoms with Crippen molar-refractivity contribution in [3.63, 3.8) is 0 Å². The van der Waals surface area contributed by atoms with E-state index in [2.05, 4.69) is 37.3 Å². The van der Waals surface area contributed by atoms with Crippen LogP contribution in [0, 0.1) is 0 Å². The summed E-state index contributed by atoms with van der Waals surface area (Å²) >= 11 is 1.73. The van der Waals surface area contributed by atoms with E-state index in [-0.39, 0.29) is 6.61 Å². The topological polar surface area (TPSA) is 20.2 Å². The highest BCUT2D eigenvalue weighted by atomic mass is 32.2. The lowest BCUT2D eigenvalue weighted by Gasteiger charge is -2.05. The van der Waals surface area contributed by atoms with E-state index in [4.69, 9.17) is 5.11 Å². The molecule has 0 spiro atoms. The van der Waals surface area contributed by atoms with Crippen molar-refractivity contribution in [2.45, 2.75) is 36.2 Å². The fourth-order valence-electron chi connectivity index (χ4n) is 1.86. The van der Waals surface area contributed by atoms with Crippen LogP contribution >= 0.6 is 11.8 Å². The molecule has 0 bridgehead atoms. The molecule has 2 aromatic rings. The van der Waals surface area contributed by atoms with Gasteiger partial charge in [0.05, 0.1) is 6.61 Å². The summed E-state index contributed by atoms with van der Waals surface area (Å²) in [5.41, 5.74) is 2.36. The van der Waals surface area contributed by atoms with Crippen molar-refractivity contribution in [2.24, 2.45) is 0 Å². The Labute approximate surface area is 113 Å². The van der Waals surface area contributed by atoms with Gasteiger partial charge in [0.15, 0.2) is 0 Å². The predicted molar refractivity (Wildman–Crippen MR) is 76.9 cm³/mol. The Kier molecular flexibility index (Phi) is 4.85. The van der Waals surface area contributed by atoms with Crippen LogP contribution in [0.15, 0.2) is 58.3 Å². The standard InChI is InChI=1S/C16H18OS/c1-2-4-13-7-9-15(10-8-13)18-16-6-3-5-14(11-16)12-17/h3,5-11,17H,2,4,12H2,1H3. The molecule has 0 amide bonds. The van der Waals surface area contributed by atoms with Crippen LogP contribution in [0.4, 0.5) is 0 Å². The van der Waals surface area contributed by atoms with Crippen LogP contribution in [0.5, 0.6) is 0 Å². The van der Waals surface area contributed by atoms with E-state index in [0.29, 0.717) is 0 Å². The fraction of sp³-hybridized carbons (Fsp3) is 0.250. The maximum atomic E-state index is 9.11. The van der Waals surface area contributed by atoms with E-state index < -0.39 is 0 Å². The lowest BCUT2D eigenvalue weighted by Crippen LogP contribution is -1.84. The summed E-state index contributed by atoms with van der Waals surface area (Å²) in [5.74, 6) is 0. The van der Waals surface area contributed by atoms with Crippen molar-refractivity contribution in [1.82, 2.24) is 0 Å². The van der Waals surface area contributed by atoms with E-state index in [1.165, 1.54) is 21.8 Å². The van der Waals surface area contributed by atoms with Crippen molar-refractivity contribution in [1.29, 1.82) is 0 Å². The second kappa shape index (κ2) is 6.62. The molecule has 0 aliphatic heterocycles. The molecule has 0 radical (unpaired) electrons. The lowest BCUT2D eigenvalue weighted by atomic mass is 10.1. The molecule has 18 heavy (non-hydrogen) atoms. The zero-order chi connectivity index (χ0) is 12.8. The average Bonchev–Trinajstić information content (AvgIpc) is 2.42.